The quantitative estimate of drug-likeness (QED) is 0.402. The molecule has 39 valence electrons. The first-order valence-corrected chi connectivity index (χ1v) is 2.63. The summed E-state index contributed by atoms with van der Waals surface area (Å²) in [6, 6.07) is 0. The van der Waals surface area contributed by atoms with E-state index >= 15 is 0 Å². The first-order chi connectivity index (χ1) is 2.41. The molecule has 0 saturated carbocycles. The summed E-state index contributed by atoms with van der Waals surface area (Å²) in [4.78, 5) is 0. The summed E-state index contributed by atoms with van der Waals surface area (Å²) in [6.45, 7) is 6.00. The van der Waals surface area contributed by atoms with Crippen molar-refractivity contribution in [2.24, 2.45) is 9.16 Å². The summed E-state index contributed by atoms with van der Waals surface area (Å²) in [5.74, 6) is 0. The number of hydrogen-bond donors (Lipinski definition) is 2. The van der Waals surface area contributed by atoms with Crippen LogP contribution in [0.15, 0.2) is 13.2 Å². The van der Waals surface area contributed by atoms with E-state index in [1.54, 1.807) is 0 Å². The van der Waals surface area contributed by atoms with E-state index < -0.39 is 0 Å². The van der Waals surface area contributed by atoms with Crippen LogP contribution in [0.2, 0.25) is 0 Å². The monoisotopic (exact) mass is 129 g/mol. The van der Waals surface area contributed by atoms with E-state index in [-0.39, 0.29) is 22.2 Å². The van der Waals surface area contributed by atoms with Crippen molar-refractivity contribution in [3.8, 4) is 0 Å². The van der Waals surface area contributed by atoms with Crippen LogP contribution in [0, 0.1) is 0 Å². The molecule has 0 spiro atoms. The Morgan fingerprint density at radius 2 is 1.17 bits per heavy atom. The molecule has 0 aromatic carbocycles. The Balaban J connectivity index is -0.0000000275. The van der Waals surface area contributed by atoms with E-state index in [1.807, 2.05) is 0 Å². The van der Waals surface area contributed by atoms with Crippen LogP contribution < -0.4 is 9.16 Å². The fraction of sp³-hybridized carbons (Fsp3) is 0. The van der Waals surface area contributed by atoms with Gasteiger partial charge in [-0.25, -0.2) is 0 Å². The normalized spacial score (nSPS) is 3.00. The molecule has 0 bridgehead atoms. The van der Waals surface area contributed by atoms with Crippen molar-refractivity contribution >= 4 is 0 Å². The third kappa shape index (κ3) is 1030. The Morgan fingerprint density at radius 3 is 1.17 bits per heavy atom. The van der Waals surface area contributed by atoms with E-state index in [0.717, 1.165) is 0 Å². The summed E-state index contributed by atoms with van der Waals surface area (Å²) in [7, 11) is 0. The van der Waals surface area contributed by atoms with Crippen LogP contribution in [-0.2, 0) is 16.8 Å². The van der Waals surface area contributed by atoms with Gasteiger partial charge in [0, 0.05) is 0 Å². The molecule has 0 amide bonds. The Hall–Kier alpha value is 0.204. The molecule has 0 aliphatic heterocycles. The number of nitrogens with two attached hydrogens (primary N) is 2. The topological polar surface area (TPSA) is 83.5 Å². The third-order valence-corrected chi connectivity index (χ3v) is 0. The van der Waals surface area contributed by atoms with Gasteiger partial charge in [-0.3, -0.25) is 0 Å². The minimum atomic E-state index is -0.312. The second-order valence-electron chi connectivity index (χ2n) is 0.149. The average Bonchev–Trinajstić information content (AvgIpc) is 1.46. The van der Waals surface area contributed by atoms with Crippen LogP contribution in [0.1, 0.15) is 0 Å². The van der Waals surface area contributed by atoms with Crippen molar-refractivity contribution in [2.45, 2.75) is 0 Å². The van der Waals surface area contributed by atoms with Crippen molar-refractivity contribution in [1.82, 2.24) is 0 Å². The number of hydrogen-bond acceptors (Lipinski definition) is 2. The molecule has 0 unspecified atom stereocenters. The zero-order valence-corrected chi connectivity index (χ0v) is 4.91. The van der Waals surface area contributed by atoms with Gasteiger partial charge in [-0.05, 0) is 0 Å². The maximum atomic E-state index is 4.72. The van der Waals surface area contributed by atoms with Crippen LogP contribution in [0.3, 0.4) is 0 Å². The zero-order valence-electron chi connectivity index (χ0n) is 3.52. The molecule has 0 heterocycles. The molecule has 0 aliphatic carbocycles. The van der Waals surface area contributed by atoms with Crippen LogP contribution in [0.25, 0.3) is 0 Å². The average molecular weight is 129 g/mol. The molecule has 0 aliphatic rings. The third-order valence-electron chi connectivity index (χ3n) is 0. The Bertz CT molecular complexity index is 15.5. The molecule has 0 fully saturated rings. The van der Waals surface area contributed by atoms with Gasteiger partial charge in [0.05, 0.1) is 0 Å². The molecule has 6 heavy (non-hydrogen) atoms. The standard InChI is InChI=1S/C2H4.2H2N.H2O.V/c1-2;;;;/h1-2H2;3*1H2;/q;2*-1;;+2. The van der Waals surface area contributed by atoms with E-state index in [9.17, 15) is 0 Å². The first-order valence-electron chi connectivity index (χ1n) is 1.02. The van der Waals surface area contributed by atoms with Gasteiger partial charge in [0.15, 0.2) is 0 Å². The molecule has 3 nitrogen and oxygen atoms in total. The summed E-state index contributed by atoms with van der Waals surface area (Å²) in [5.41, 5.74) is 0. The van der Waals surface area contributed by atoms with Gasteiger partial charge < -0.3 is 5.48 Å². The molecule has 6 N–H and O–H groups in total. The van der Waals surface area contributed by atoms with Gasteiger partial charge in [0.1, 0.15) is 0 Å². The predicted octanol–water partition coefficient (Wildman–Crippen LogP) is -1.21. The van der Waals surface area contributed by atoms with Crippen LogP contribution in [0.5, 0.6) is 0 Å². The van der Waals surface area contributed by atoms with Crippen molar-refractivity contribution in [2.75, 3.05) is 0 Å². The Labute approximate surface area is 45.2 Å². The number of rotatable bonds is 0. The second kappa shape index (κ2) is 63.4. The van der Waals surface area contributed by atoms with E-state index in [0.29, 0.717) is 0 Å². The van der Waals surface area contributed by atoms with Gasteiger partial charge in [0.25, 0.3) is 0 Å². The minimum absolute atomic E-state index is 0. The molecule has 0 aromatic rings. The Morgan fingerprint density at radius 1 is 1.17 bits per heavy atom. The molecule has 0 saturated heterocycles. The fourth-order valence-electron chi connectivity index (χ4n) is 0. The van der Waals surface area contributed by atoms with Crippen LogP contribution in [0.4, 0.5) is 0 Å². The molecule has 0 rings (SSSR count). The van der Waals surface area contributed by atoms with E-state index in [4.69, 9.17) is 9.16 Å². The molecule has 0 aromatic heterocycles. The summed E-state index contributed by atoms with van der Waals surface area (Å²) < 4.78 is 9.44. The van der Waals surface area contributed by atoms with Crippen molar-refractivity contribution in [3.63, 3.8) is 0 Å². The van der Waals surface area contributed by atoms with Gasteiger partial charge in [-0.15, -0.1) is 13.2 Å². The molecular weight excluding hydrogens is 119 g/mol. The van der Waals surface area contributed by atoms with Gasteiger partial charge in [-0.2, -0.15) is 0 Å². The fourth-order valence-corrected chi connectivity index (χ4v) is 0. The van der Waals surface area contributed by atoms with Crippen molar-refractivity contribution < 1.29 is 22.2 Å². The molecular formula is C2H10N2OV. The van der Waals surface area contributed by atoms with Crippen molar-refractivity contribution in [3.05, 3.63) is 13.2 Å². The summed E-state index contributed by atoms with van der Waals surface area (Å²) in [5, 5.41) is 0. The first kappa shape index (κ1) is 16.4. The maximum absolute atomic E-state index is 4.72. The molecule has 4 heteroatoms. The molecule has 0 atom stereocenters. The van der Waals surface area contributed by atoms with Crippen LogP contribution >= 0.6 is 0 Å². The van der Waals surface area contributed by atoms with Crippen molar-refractivity contribution in [1.29, 1.82) is 0 Å². The summed E-state index contributed by atoms with van der Waals surface area (Å²) >= 11 is -0.312. The van der Waals surface area contributed by atoms with Gasteiger partial charge in [0.2, 0.25) is 0 Å². The van der Waals surface area contributed by atoms with E-state index in [2.05, 4.69) is 13.2 Å². The van der Waals surface area contributed by atoms with Crippen LogP contribution in [-0.4, -0.2) is 5.48 Å². The Kier molecular flexibility index (Phi) is 173. The second-order valence-corrected chi connectivity index (χ2v) is 0.615. The van der Waals surface area contributed by atoms with Gasteiger partial charge >= 0.3 is 25.9 Å². The van der Waals surface area contributed by atoms with E-state index in [1.165, 1.54) is 0 Å². The SMILES string of the molecule is C=C.O.[NH2][V][NH2]. The zero-order chi connectivity index (χ0) is 4.71. The van der Waals surface area contributed by atoms with Gasteiger partial charge in [-0.1, -0.05) is 0 Å². The summed E-state index contributed by atoms with van der Waals surface area (Å²) in [6.07, 6.45) is 0. The molecule has 0 radical (unpaired) electrons. The predicted molar refractivity (Wildman–Crippen MR) is 23.2 cm³/mol.